The molecule has 0 N–H and O–H groups in total. The number of aromatic nitrogens is 5. The molecule has 30 heavy (non-hydrogen) atoms. The molecule has 146 valence electrons. The van der Waals surface area contributed by atoms with Crippen molar-refractivity contribution in [3.05, 3.63) is 97.7 Å². The quantitative estimate of drug-likeness (QED) is 0.329. The van der Waals surface area contributed by atoms with Crippen LogP contribution in [0.25, 0.3) is 28.0 Å². The number of non-ortho nitro benzene ring substituents is 1. The van der Waals surface area contributed by atoms with E-state index in [0.717, 1.165) is 5.69 Å². The number of para-hydroxylation sites is 1. The fourth-order valence-electron chi connectivity index (χ4n) is 3.09. The SMILES string of the molecule is O=c1/c(=C/c2cn(-c3ccccc3)nc2-c2ccc([N+](=O)[O-])cc2)sc2ncnn12. The lowest BCUT2D eigenvalue weighted by Gasteiger charge is -2.00. The zero-order chi connectivity index (χ0) is 20.7. The summed E-state index contributed by atoms with van der Waals surface area (Å²) in [6.07, 6.45) is 4.90. The number of nitro benzene ring substituents is 1. The van der Waals surface area contributed by atoms with Gasteiger partial charge in [-0.15, -0.1) is 0 Å². The van der Waals surface area contributed by atoms with E-state index in [0.29, 0.717) is 26.3 Å². The molecule has 3 heterocycles. The Morgan fingerprint density at radius 1 is 1.07 bits per heavy atom. The Bertz CT molecular complexity index is 1490. The van der Waals surface area contributed by atoms with Gasteiger partial charge < -0.3 is 0 Å². The van der Waals surface area contributed by atoms with Crippen LogP contribution < -0.4 is 10.1 Å². The molecule has 0 spiro atoms. The van der Waals surface area contributed by atoms with Crippen LogP contribution in [0.1, 0.15) is 5.56 Å². The van der Waals surface area contributed by atoms with Crippen LogP contribution in [-0.2, 0) is 0 Å². The van der Waals surface area contributed by atoms with E-state index < -0.39 is 4.92 Å². The van der Waals surface area contributed by atoms with Crippen molar-refractivity contribution in [2.45, 2.75) is 0 Å². The van der Waals surface area contributed by atoms with E-state index >= 15 is 0 Å². The van der Waals surface area contributed by atoms with Crippen molar-refractivity contribution in [2.75, 3.05) is 0 Å². The molecule has 0 aliphatic rings. The van der Waals surface area contributed by atoms with Crippen LogP contribution >= 0.6 is 11.3 Å². The molecule has 0 saturated carbocycles. The van der Waals surface area contributed by atoms with Crippen molar-refractivity contribution in [3.8, 4) is 16.9 Å². The summed E-state index contributed by atoms with van der Waals surface area (Å²) < 4.78 is 3.44. The Kier molecular flexibility index (Phi) is 4.18. The maximum atomic E-state index is 12.6. The van der Waals surface area contributed by atoms with Gasteiger partial charge in [0.25, 0.3) is 11.2 Å². The van der Waals surface area contributed by atoms with E-state index in [-0.39, 0.29) is 11.2 Å². The lowest BCUT2D eigenvalue weighted by Crippen LogP contribution is -2.23. The van der Waals surface area contributed by atoms with Gasteiger partial charge in [0, 0.05) is 29.5 Å². The summed E-state index contributed by atoms with van der Waals surface area (Å²) in [5.41, 5.74) is 2.61. The highest BCUT2D eigenvalue weighted by atomic mass is 32.1. The number of nitrogens with zero attached hydrogens (tertiary/aromatic N) is 6. The second-order valence-electron chi connectivity index (χ2n) is 6.39. The van der Waals surface area contributed by atoms with Gasteiger partial charge in [-0.25, -0.2) is 9.67 Å². The Morgan fingerprint density at radius 3 is 2.53 bits per heavy atom. The predicted octanol–water partition coefficient (Wildman–Crippen LogP) is 2.46. The van der Waals surface area contributed by atoms with E-state index in [9.17, 15) is 14.9 Å². The average molecular weight is 416 g/mol. The van der Waals surface area contributed by atoms with E-state index in [4.69, 9.17) is 0 Å². The van der Waals surface area contributed by atoms with Crippen molar-refractivity contribution in [1.82, 2.24) is 24.4 Å². The molecule has 5 rings (SSSR count). The number of hydrogen-bond acceptors (Lipinski definition) is 7. The van der Waals surface area contributed by atoms with E-state index in [2.05, 4.69) is 15.2 Å². The van der Waals surface area contributed by atoms with Gasteiger partial charge in [-0.3, -0.25) is 14.9 Å². The minimum absolute atomic E-state index is 0.000767. The highest BCUT2D eigenvalue weighted by Crippen LogP contribution is 2.26. The summed E-state index contributed by atoms with van der Waals surface area (Å²) in [4.78, 5) is 27.7. The molecule has 0 amide bonds. The maximum Gasteiger partial charge on any atom is 0.291 e. The molecule has 0 radical (unpaired) electrons. The van der Waals surface area contributed by atoms with Crippen LogP contribution in [0.4, 0.5) is 5.69 Å². The third-order valence-electron chi connectivity index (χ3n) is 4.52. The minimum atomic E-state index is -0.447. The highest BCUT2D eigenvalue weighted by molar-refractivity contribution is 7.15. The third-order valence-corrected chi connectivity index (χ3v) is 5.50. The summed E-state index contributed by atoms with van der Waals surface area (Å²) in [6.45, 7) is 0. The van der Waals surface area contributed by atoms with Crippen molar-refractivity contribution >= 4 is 28.1 Å². The summed E-state index contributed by atoms with van der Waals surface area (Å²) in [7, 11) is 0. The molecule has 0 aliphatic carbocycles. The fraction of sp³-hybridized carbons (Fsp3) is 0. The van der Waals surface area contributed by atoms with Gasteiger partial charge in [0.2, 0.25) is 4.96 Å². The van der Waals surface area contributed by atoms with Crippen LogP contribution in [0.3, 0.4) is 0 Å². The lowest BCUT2D eigenvalue weighted by atomic mass is 10.1. The Morgan fingerprint density at radius 2 is 1.83 bits per heavy atom. The molecule has 0 unspecified atom stereocenters. The number of rotatable bonds is 4. The van der Waals surface area contributed by atoms with Gasteiger partial charge >= 0.3 is 0 Å². The van der Waals surface area contributed by atoms with Gasteiger partial charge in [-0.2, -0.15) is 14.7 Å². The van der Waals surface area contributed by atoms with E-state index in [1.165, 1.54) is 34.3 Å². The molecule has 2 aromatic carbocycles. The second-order valence-corrected chi connectivity index (χ2v) is 7.40. The topological polar surface area (TPSA) is 108 Å². The third kappa shape index (κ3) is 3.05. The Balaban J connectivity index is 1.70. The highest BCUT2D eigenvalue weighted by Gasteiger charge is 2.14. The van der Waals surface area contributed by atoms with Gasteiger partial charge in [0.1, 0.15) is 12.0 Å². The largest absolute Gasteiger partial charge is 0.291 e. The monoisotopic (exact) mass is 416 g/mol. The fourth-order valence-corrected chi connectivity index (χ4v) is 3.96. The van der Waals surface area contributed by atoms with Crippen LogP contribution in [-0.4, -0.2) is 29.3 Å². The molecular weight excluding hydrogens is 404 g/mol. The summed E-state index contributed by atoms with van der Waals surface area (Å²) >= 11 is 1.24. The zero-order valence-electron chi connectivity index (χ0n) is 15.2. The molecule has 0 atom stereocenters. The summed E-state index contributed by atoms with van der Waals surface area (Å²) in [5, 5.41) is 19.6. The van der Waals surface area contributed by atoms with Crippen LogP contribution in [0.15, 0.2) is 71.9 Å². The molecular formula is C20H12N6O3S. The minimum Gasteiger partial charge on any atom is -0.266 e. The smallest absolute Gasteiger partial charge is 0.266 e. The zero-order valence-corrected chi connectivity index (χ0v) is 16.1. The average Bonchev–Trinajstić information content (AvgIpc) is 3.47. The molecule has 3 aromatic heterocycles. The first-order chi connectivity index (χ1) is 14.6. The number of thiazole rings is 1. The first kappa shape index (κ1) is 17.9. The molecule has 0 bridgehead atoms. The van der Waals surface area contributed by atoms with Crippen molar-refractivity contribution in [3.63, 3.8) is 0 Å². The maximum absolute atomic E-state index is 12.6. The molecule has 5 aromatic rings. The van der Waals surface area contributed by atoms with Crippen LogP contribution in [0, 0.1) is 10.1 Å². The van der Waals surface area contributed by atoms with Gasteiger partial charge in [-0.05, 0) is 30.3 Å². The van der Waals surface area contributed by atoms with Crippen molar-refractivity contribution in [1.29, 1.82) is 0 Å². The van der Waals surface area contributed by atoms with Crippen molar-refractivity contribution < 1.29 is 4.92 Å². The van der Waals surface area contributed by atoms with Crippen molar-refractivity contribution in [2.24, 2.45) is 0 Å². The molecule has 0 saturated heterocycles. The number of nitro groups is 1. The van der Waals surface area contributed by atoms with Gasteiger partial charge in [0.15, 0.2) is 0 Å². The number of benzene rings is 2. The summed E-state index contributed by atoms with van der Waals surface area (Å²) in [5.74, 6) is 0. The Hall–Kier alpha value is -4.18. The summed E-state index contributed by atoms with van der Waals surface area (Å²) in [6, 6.07) is 15.7. The number of fused-ring (bicyclic) bond motifs is 1. The predicted molar refractivity (Wildman–Crippen MR) is 112 cm³/mol. The standard InChI is InChI=1S/C20H12N6O3S/c27-19-17(30-20-21-12-22-25(19)20)10-14-11-24(15-4-2-1-3-5-15)23-18(14)13-6-8-16(9-7-13)26(28)29/h1-12H/b17-10-. The van der Waals surface area contributed by atoms with Gasteiger partial charge in [0.05, 0.1) is 15.1 Å². The molecule has 10 heteroatoms. The van der Waals surface area contributed by atoms with Crippen LogP contribution in [0.2, 0.25) is 0 Å². The van der Waals surface area contributed by atoms with E-state index in [1.54, 1.807) is 22.9 Å². The first-order valence-electron chi connectivity index (χ1n) is 8.84. The Labute approximate surface area is 172 Å². The number of hydrogen-bond donors (Lipinski definition) is 0. The molecule has 0 fully saturated rings. The van der Waals surface area contributed by atoms with Gasteiger partial charge in [-0.1, -0.05) is 29.5 Å². The first-order valence-corrected chi connectivity index (χ1v) is 9.66. The second kappa shape index (κ2) is 7.01. The van der Waals surface area contributed by atoms with E-state index in [1.807, 2.05) is 36.5 Å². The molecule has 0 aliphatic heterocycles. The van der Waals surface area contributed by atoms with Crippen LogP contribution in [0.5, 0.6) is 0 Å². The normalized spacial score (nSPS) is 11.9. The lowest BCUT2D eigenvalue weighted by molar-refractivity contribution is -0.384. The molecule has 9 nitrogen and oxygen atoms in total.